The quantitative estimate of drug-likeness (QED) is 0.498. The van der Waals surface area contributed by atoms with Gasteiger partial charge < -0.3 is 10.0 Å². The zero-order chi connectivity index (χ0) is 22.0. The number of aliphatic hydroxyl groups excluding tert-OH is 1. The second kappa shape index (κ2) is 7.33. The number of nitrogens with zero attached hydrogens (tertiary/aromatic N) is 1. The minimum Gasteiger partial charge on any atom is -0.393 e. The van der Waals surface area contributed by atoms with Crippen molar-refractivity contribution < 1.29 is 9.90 Å². The minimum atomic E-state index is -0.202. The average Bonchev–Trinajstić information content (AvgIpc) is 2.99. The number of carbonyl (C=O) groups is 1. The van der Waals surface area contributed by atoms with Crippen molar-refractivity contribution in [1.82, 2.24) is 0 Å². The summed E-state index contributed by atoms with van der Waals surface area (Å²) < 4.78 is 0. The molecule has 0 spiro atoms. The number of ketones is 1. The molecule has 3 saturated carbocycles. The third-order valence-electron chi connectivity index (χ3n) is 9.47. The first-order valence-corrected chi connectivity index (χ1v) is 12.1. The lowest BCUT2D eigenvalue weighted by Gasteiger charge is -2.56. The lowest BCUT2D eigenvalue weighted by Crippen LogP contribution is -2.50. The predicted molar refractivity (Wildman–Crippen MR) is 127 cm³/mol. The van der Waals surface area contributed by atoms with E-state index in [0.717, 1.165) is 56.1 Å². The van der Waals surface area contributed by atoms with Crippen LogP contribution in [0.3, 0.4) is 0 Å². The molecule has 3 nitrogen and oxygen atoms in total. The molecule has 3 fully saturated rings. The monoisotopic (exact) mass is 419 g/mol. The summed E-state index contributed by atoms with van der Waals surface area (Å²) in [6, 6.07) is 8.52. The number of allylic oxidation sites excluding steroid dienone is 2. The number of aliphatic hydroxyl groups is 1. The molecule has 1 N–H and O–H groups in total. The van der Waals surface area contributed by atoms with E-state index in [2.05, 4.69) is 55.2 Å². The molecule has 166 valence electrons. The SMILES string of the molecule is CN(C)c1ccc(/C=C2\C[C@@H]3[C@@H]4CC=C5C[C@@H](O)CC[C@]5(C)[C@@H]4CC[C@]3(C)C2=O)cc1. The highest BCUT2D eigenvalue weighted by Crippen LogP contribution is 2.64. The maximum Gasteiger partial charge on any atom is 0.165 e. The van der Waals surface area contributed by atoms with Gasteiger partial charge in [-0.25, -0.2) is 0 Å². The highest BCUT2D eigenvalue weighted by molar-refractivity contribution is 6.06. The Morgan fingerprint density at radius 2 is 1.71 bits per heavy atom. The minimum absolute atomic E-state index is 0.161. The zero-order valence-corrected chi connectivity index (χ0v) is 19.5. The Bertz CT molecular complexity index is 942. The fraction of sp³-hybridized carbons (Fsp3) is 0.607. The van der Waals surface area contributed by atoms with Crippen molar-refractivity contribution in [3.63, 3.8) is 0 Å². The van der Waals surface area contributed by atoms with Crippen molar-refractivity contribution in [2.24, 2.45) is 28.6 Å². The smallest absolute Gasteiger partial charge is 0.165 e. The van der Waals surface area contributed by atoms with Gasteiger partial charge >= 0.3 is 0 Å². The Hall–Kier alpha value is -1.87. The third-order valence-corrected chi connectivity index (χ3v) is 9.47. The Labute approximate surface area is 187 Å². The molecule has 4 aliphatic rings. The lowest BCUT2D eigenvalue weighted by atomic mass is 9.48. The van der Waals surface area contributed by atoms with Gasteiger partial charge in [-0.05, 0) is 97.5 Å². The van der Waals surface area contributed by atoms with Gasteiger partial charge in [0.15, 0.2) is 5.78 Å². The molecule has 0 radical (unpaired) electrons. The Balaban J connectivity index is 1.44. The van der Waals surface area contributed by atoms with Crippen LogP contribution in [0.5, 0.6) is 0 Å². The molecule has 0 unspecified atom stereocenters. The summed E-state index contributed by atoms with van der Waals surface area (Å²) in [4.78, 5) is 15.7. The first kappa shape index (κ1) is 21.0. The van der Waals surface area contributed by atoms with E-state index in [1.54, 1.807) is 0 Å². The molecule has 6 atom stereocenters. The number of anilines is 1. The molecule has 0 saturated heterocycles. The molecule has 0 amide bonds. The van der Waals surface area contributed by atoms with Gasteiger partial charge in [0, 0.05) is 25.2 Å². The second-order valence-electron chi connectivity index (χ2n) is 11.3. The number of benzene rings is 1. The van der Waals surface area contributed by atoms with Gasteiger partial charge in [-0.3, -0.25) is 4.79 Å². The van der Waals surface area contributed by atoms with E-state index in [1.807, 2.05) is 14.1 Å². The normalized spacial score (nSPS) is 40.7. The lowest BCUT2D eigenvalue weighted by molar-refractivity contribution is -0.130. The largest absolute Gasteiger partial charge is 0.393 e. The van der Waals surface area contributed by atoms with Crippen molar-refractivity contribution in [2.75, 3.05) is 19.0 Å². The first-order chi connectivity index (χ1) is 14.7. The molecule has 31 heavy (non-hydrogen) atoms. The fourth-order valence-electron chi connectivity index (χ4n) is 7.51. The van der Waals surface area contributed by atoms with Gasteiger partial charge in [0.2, 0.25) is 0 Å². The molecule has 0 aromatic heterocycles. The number of hydrogen-bond donors (Lipinski definition) is 1. The highest BCUT2D eigenvalue weighted by Gasteiger charge is 2.59. The second-order valence-corrected chi connectivity index (χ2v) is 11.3. The predicted octanol–water partition coefficient (Wildman–Crippen LogP) is 5.64. The average molecular weight is 420 g/mol. The van der Waals surface area contributed by atoms with E-state index in [-0.39, 0.29) is 16.9 Å². The summed E-state index contributed by atoms with van der Waals surface area (Å²) in [7, 11) is 4.10. The number of Topliss-reactive ketones (excluding diaryl/α,β-unsaturated/α-hetero) is 1. The van der Waals surface area contributed by atoms with Gasteiger partial charge in [-0.1, -0.05) is 37.6 Å². The van der Waals surface area contributed by atoms with Crippen molar-refractivity contribution >= 4 is 17.5 Å². The molecule has 0 bridgehead atoms. The van der Waals surface area contributed by atoms with Gasteiger partial charge in [-0.15, -0.1) is 0 Å². The van der Waals surface area contributed by atoms with Gasteiger partial charge in [0.1, 0.15) is 0 Å². The van der Waals surface area contributed by atoms with E-state index in [9.17, 15) is 9.90 Å². The third kappa shape index (κ3) is 3.23. The van der Waals surface area contributed by atoms with E-state index >= 15 is 0 Å². The van der Waals surface area contributed by atoms with Crippen molar-refractivity contribution in [1.29, 1.82) is 0 Å². The van der Waals surface area contributed by atoms with E-state index in [4.69, 9.17) is 0 Å². The Morgan fingerprint density at radius 1 is 1.00 bits per heavy atom. The maximum absolute atomic E-state index is 13.6. The summed E-state index contributed by atoms with van der Waals surface area (Å²) in [6.45, 7) is 4.70. The molecule has 0 aliphatic heterocycles. The molecular formula is C28H37NO2. The topological polar surface area (TPSA) is 40.5 Å². The number of carbonyl (C=O) groups excluding carboxylic acids is 1. The van der Waals surface area contributed by atoms with Crippen LogP contribution in [0, 0.1) is 28.6 Å². The molecule has 3 heteroatoms. The van der Waals surface area contributed by atoms with E-state index < -0.39 is 0 Å². The summed E-state index contributed by atoms with van der Waals surface area (Å²) >= 11 is 0. The van der Waals surface area contributed by atoms with Crippen LogP contribution >= 0.6 is 0 Å². The van der Waals surface area contributed by atoms with Crippen molar-refractivity contribution in [2.45, 2.75) is 64.9 Å². The van der Waals surface area contributed by atoms with Crippen molar-refractivity contribution in [3.05, 3.63) is 47.1 Å². The van der Waals surface area contributed by atoms with Crippen LogP contribution < -0.4 is 4.90 Å². The molecule has 0 heterocycles. The van der Waals surface area contributed by atoms with Crippen LogP contribution in [0.25, 0.3) is 6.08 Å². The van der Waals surface area contributed by atoms with Gasteiger partial charge in [0.05, 0.1) is 6.10 Å². The van der Waals surface area contributed by atoms with Crippen LogP contribution in [0.15, 0.2) is 41.5 Å². The van der Waals surface area contributed by atoms with Crippen LogP contribution in [-0.2, 0) is 4.79 Å². The Kier molecular flexibility index (Phi) is 4.97. The summed E-state index contributed by atoms with van der Waals surface area (Å²) in [5.74, 6) is 2.09. The van der Waals surface area contributed by atoms with Crippen LogP contribution in [0.4, 0.5) is 5.69 Å². The van der Waals surface area contributed by atoms with Crippen LogP contribution in [0.1, 0.15) is 64.4 Å². The van der Waals surface area contributed by atoms with Gasteiger partial charge in [0.25, 0.3) is 0 Å². The van der Waals surface area contributed by atoms with Gasteiger partial charge in [-0.2, -0.15) is 0 Å². The maximum atomic E-state index is 13.6. The molecule has 1 aromatic rings. The molecule has 1 aromatic carbocycles. The highest BCUT2D eigenvalue weighted by atomic mass is 16.3. The molecule has 4 aliphatic carbocycles. The Morgan fingerprint density at radius 3 is 2.42 bits per heavy atom. The summed E-state index contributed by atoms with van der Waals surface area (Å²) in [6.07, 6.45) is 11.5. The molecular weight excluding hydrogens is 382 g/mol. The standard InChI is InChI=1S/C28H37NO2/c1-27-13-11-22(30)17-20(27)7-10-23-24(27)12-14-28(2)25(23)16-19(26(28)31)15-18-5-8-21(9-6-18)29(3)4/h5-9,15,22-25,30H,10-14,16-17H2,1-4H3/b19-15+/t22-,23+,24+,25+,27-,28-/m0/s1. The van der Waals surface area contributed by atoms with Crippen LogP contribution in [0.2, 0.25) is 0 Å². The zero-order valence-electron chi connectivity index (χ0n) is 19.5. The fourth-order valence-corrected chi connectivity index (χ4v) is 7.51. The summed E-state index contributed by atoms with van der Waals surface area (Å²) in [5, 5.41) is 10.2. The summed E-state index contributed by atoms with van der Waals surface area (Å²) in [5.41, 5.74) is 4.86. The molecule has 5 rings (SSSR count). The number of hydrogen-bond acceptors (Lipinski definition) is 3. The van der Waals surface area contributed by atoms with E-state index in [0.29, 0.717) is 23.5 Å². The number of rotatable bonds is 2. The van der Waals surface area contributed by atoms with Crippen LogP contribution in [-0.4, -0.2) is 31.1 Å². The first-order valence-electron chi connectivity index (χ1n) is 12.1. The van der Waals surface area contributed by atoms with E-state index in [1.165, 1.54) is 11.3 Å². The number of fused-ring (bicyclic) bond motifs is 5. The van der Waals surface area contributed by atoms with Crippen molar-refractivity contribution in [3.8, 4) is 0 Å².